The van der Waals surface area contributed by atoms with Crippen LogP contribution in [0.15, 0.2) is 29.1 Å². The molecule has 1 aliphatic heterocycles. The number of carbonyl (C=O) groups is 1. The summed E-state index contributed by atoms with van der Waals surface area (Å²) in [6, 6.07) is 7.92. The SMILES string of the molecule is CCOCCCC(=O)N1CCC(n2c(=O)[nH]c3ccccc32)CC1. The van der Waals surface area contributed by atoms with E-state index in [-0.39, 0.29) is 17.6 Å². The van der Waals surface area contributed by atoms with Gasteiger partial charge in [-0.2, -0.15) is 0 Å². The number of fused-ring (bicyclic) bond motifs is 1. The van der Waals surface area contributed by atoms with Gasteiger partial charge in [0.25, 0.3) is 0 Å². The molecule has 2 aromatic rings. The Labute approximate surface area is 141 Å². The summed E-state index contributed by atoms with van der Waals surface area (Å²) < 4.78 is 7.13. The molecule has 0 spiro atoms. The van der Waals surface area contributed by atoms with E-state index >= 15 is 0 Å². The van der Waals surface area contributed by atoms with Gasteiger partial charge in [0, 0.05) is 38.8 Å². The molecule has 1 saturated heterocycles. The average Bonchev–Trinajstić information content (AvgIpc) is 2.94. The van der Waals surface area contributed by atoms with E-state index in [1.807, 2.05) is 40.7 Å². The van der Waals surface area contributed by atoms with E-state index in [0.29, 0.717) is 32.7 Å². The van der Waals surface area contributed by atoms with Gasteiger partial charge in [0.2, 0.25) is 5.91 Å². The third-order valence-electron chi connectivity index (χ3n) is 4.69. The highest BCUT2D eigenvalue weighted by molar-refractivity contribution is 5.76. The summed E-state index contributed by atoms with van der Waals surface area (Å²) in [5, 5.41) is 0. The molecule has 0 saturated carbocycles. The maximum Gasteiger partial charge on any atom is 0.326 e. The first-order valence-electron chi connectivity index (χ1n) is 8.75. The third kappa shape index (κ3) is 3.53. The highest BCUT2D eigenvalue weighted by Gasteiger charge is 2.25. The van der Waals surface area contributed by atoms with Gasteiger partial charge in [-0.05, 0) is 38.3 Å². The van der Waals surface area contributed by atoms with Gasteiger partial charge in [-0.15, -0.1) is 0 Å². The highest BCUT2D eigenvalue weighted by Crippen LogP contribution is 2.25. The van der Waals surface area contributed by atoms with Gasteiger partial charge in [0.1, 0.15) is 0 Å². The van der Waals surface area contributed by atoms with Crippen LogP contribution in [0.25, 0.3) is 11.0 Å². The number of hydrogen-bond donors (Lipinski definition) is 1. The van der Waals surface area contributed by atoms with Crippen LogP contribution in [0.5, 0.6) is 0 Å². The lowest BCUT2D eigenvalue weighted by atomic mass is 10.0. The van der Waals surface area contributed by atoms with E-state index in [2.05, 4.69) is 4.98 Å². The summed E-state index contributed by atoms with van der Waals surface area (Å²) in [4.78, 5) is 29.3. The minimum absolute atomic E-state index is 0.0577. The first kappa shape index (κ1) is 16.8. The number of likely N-dealkylation sites (tertiary alicyclic amines) is 1. The number of nitrogens with zero attached hydrogens (tertiary/aromatic N) is 2. The quantitative estimate of drug-likeness (QED) is 0.826. The Kier molecular flexibility index (Phi) is 5.35. The molecule has 3 rings (SSSR count). The van der Waals surface area contributed by atoms with Crippen molar-refractivity contribution in [3.8, 4) is 0 Å². The summed E-state index contributed by atoms with van der Waals surface area (Å²) >= 11 is 0. The number of aromatic amines is 1. The monoisotopic (exact) mass is 331 g/mol. The van der Waals surface area contributed by atoms with Crippen LogP contribution in [0.1, 0.15) is 38.6 Å². The Bertz CT molecular complexity index is 741. The van der Waals surface area contributed by atoms with E-state index in [1.54, 1.807) is 0 Å². The molecule has 1 amide bonds. The minimum Gasteiger partial charge on any atom is -0.382 e. The van der Waals surface area contributed by atoms with Crippen LogP contribution in [0, 0.1) is 0 Å². The van der Waals surface area contributed by atoms with E-state index < -0.39 is 0 Å². The first-order chi connectivity index (χ1) is 11.7. The number of nitrogens with one attached hydrogen (secondary N) is 1. The van der Waals surface area contributed by atoms with Crippen molar-refractivity contribution in [1.82, 2.24) is 14.5 Å². The van der Waals surface area contributed by atoms with Gasteiger partial charge < -0.3 is 14.6 Å². The van der Waals surface area contributed by atoms with Gasteiger partial charge in [-0.3, -0.25) is 9.36 Å². The fourth-order valence-corrected chi connectivity index (χ4v) is 3.44. The van der Waals surface area contributed by atoms with Crippen LogP contribution in [0.2, 0.25) is 0 Å². The average molecular weight is 331 g/mol. The number of amides is 1. The zero-order valence-electron chi connectivity index (χ0n) is 14.2. The Morgan fingerprint density at radius 2 is 2.04 bits per heavy atom. The second-order valence-corrected chi connectivity index (χ2v) is 6.23. The number of aromatic nitrogens is 2. The second-order valence-electron chi connectivity index (χ2n) is 6.23. The lowest BCUT2D eigenvalue weighted by molar-refractivity contribution is -0.132. The highest BCUT2D eigenvalue weighted by atomic mass is 16.5. The predicted octanol–water partition coefficient (Wildman–Crippen LogP) is 2.31. The van der Waals surface area contributed by atoms with Crippen LogP contribution in [-0.2, 0) is 9.53 Å². The van der Waals surface area contributed by atoms with Crippen molar-refractivity contribution in [2.24, 2.45) is 0 Å². The summed E-state index contributed by atoms with van der Waals surface area (Å²) in [5.74, 6) is 0.194. The summed E-state index contributed by atoms with van der Waals surface area (Å²) in [7, 11) is 0. The van der Waals surface area contributed by atoms with E-state index in [4.69, 9.17) is 4.74 Å². The molecule has 6 heteroatoms. The normalized spacial score (nSPS) is 16.0. The van der Waals surface area contributed by atoms with Crippen molar-refractivity contribution in [2.45, 2.75) is 38.6 Å². The van der Waals surface area contributed by atoms with Gasteiger partial charge in [-0.25, -0.2) is 4.79 Å². The molecule has 24 heavy (non-hydrogen) atoms. The van der Waals surface area contributed by atoms with Crippen molar-refractivity contribution in [2.75, 3.05) is 26.3 Å². The molecular weight excluding hydrogens is 306 g/mol. The molecule has 130 valence electrons. The van der Waals surface area contributed by atoms with Crippen molar-refractivity contribution in [3.63, 3.8) is 0 Å². The molecule has 6 nitrogen and oxygen atoms in total. The number of piperidine rings is 1. The maximum atomic E-state index is 12.3. The van der Waals surface area contributed by atoms with Gasteiger partial charge in [0.05, 0.1) is 11.0 Å². The Hall–Kier alpha value is -2.08. The predicted molar refractivity (Wildman–Crippen MR) is 93.1 cm³/mol. The number of imidazole rings is 1. The smallest absolute Gasteiger partial charge is 0.326 e. The molecule has 1 aliphatic rings. The lowest BCUT2D eigenvalue weighted by Crippen LogP contribution is -2.40. The topological polar surface area (TPSA) is 67.3 Å². The molecule has 1 fully saturated rings. The standard InChI is InChI=1S/C18H25N3O3/c1-2-24-13-5-8-17(22)20-11-9-14(10-12-20)21-16-7-4-3-6-15(16)19-18(21)23/h3-4,6-7,14H,2,5,8-13H2,1H3,(H,19,23). The Balaban J connectivity index is 1.59. The van der Waals surface area contributed by atoms with Crippen LogP contribution in [0.3, 0.4) is 0 Å². The molecule has 0 atom stereocenters. The fourth-order valence-electron chi connectivity index (χ4n) is 3.44. The zero-order valence-corrected chi connectivity index (χ0v) is 14.2. The van der Waals surface area contributed by atoms with Crippen LogP contribution >= 0.6 is 0 Å². The zero-order chi connectivity index (χ0) is 16.9. The molecule has 0 radical (unpaired) electrons. The third-order valence-corrected chi connectivity index (χ3v) is 4.69. The molecule has 0 aliphatic carbocycles. The molecular formula is C18H25N3O3. The van der Waals surface area contributed by atoms with Crippen LogP contribution < -0.4 is 5.69 Å². The van der Waals surface area contributed by atoms with Crippen molar-refractivity contribution >= 4 is 16.9 Å². The van der Waals surface area contributed by atoms with Crippen molar-refractivity contribution in [1.29, 1.82) is 0 Å². The first-order valence-corrected chi connectivity index (χ1v) is 8.75. The Morgan fingerprint density at radius 1 is 1.29 bits per heavy atom. The minimum atomic E-state index is -0.0577. The van der Waals surface area contributed by atoms with E-state index in [1.165, 1.54) is 0 Å². The molecule has 0 bridgehead atoms. The number of benzene rings is 1. The molecule has 0 unspecified atom stereocenters. The largest absolute Gasteiger partial charge is 0.382 e. The van der Waals surface area contributed by atoms with E-state index in [9.17, 15) is 9.59 Å². The molecule has 2 heterocycles. The Morgan fingerprint density at radius 3 is 2.79 bits per heavy atom. The summed E-state index contributed by atoms with van der Waals surface area (Å²) in [6.45, 7) is 4.72. The van der Waals surface area contributed by atoms with Gasteiger partial charge in [-0.1, -0.05) is 12.1 Å². The second kappa shape index (κ2) is 7.66. The summed E-state index contributed by atoms with van der Waals surface area (Å²) in [6.07, 6.45) is 2.95. The van der Waals surface area contributed by atoms with Gasteiger partial charge >= 0.3 is 5.69 Å². The molecule has 1 aromatic carbocycles. The summed E-state index contributed by atoms with van der Waals surface area (Å²) in [5.41, 5.74) is 1.76. The number of hydrogen-bond acceptors (Lipinski definition) is 3. The van der Waals surface area contributed by atoms with Crippen LogP contribution in [0.4, 0.5) is 0 Å². The maximum absolute atomic E-state index is 12.3. The molecule has 1 aromatic heterocycles. The number of carbonyl (C=O) groups excluding carboxylic acids is 1. The van der Waals surface area contributed by atoms with Gasteiger partial charge in [0.15, 0.2) is 0 Å². The number of ether oxygens (including phenoxy) is 1. The van der Waals surface area contributed by atoms with Crippen molar-refractivity contribution in [3.05, 3.63) is 34.7 Å². The number of para-hydroxylation sites is 2. The van der Waals surface area contributed by atoms with E-state index in [0.717, 1.165) is 30.3 Å². The lowest BCUT2D eigenvalue weighted by Gasteiger charge is -2.32. The fraction of sp³-hybridized carbons (Fsp3) is 0.556. The number of rotatable bonds is 6. The van der Waals surface area contributed by atoms with Crippen molar-refractivity contribution < 1.29 is 9.53 Å². The molecule has 1 N–H and O–H groups in total. The van der Waals surface area contributed by atoms with Crippen LogP contribution in [-0.4, -0.2) is 46.7 Å². The number of H-pyrrole nitrogens is 1.